The van der Waals surface area contributed by atoms with Crippen LogP contribution in [0.3, 0.4) is 0 Å². The fraction of sp³-hybridized carbons (Fsp3) is 0.217. The van der Waals surface area contributed by atoms with E-state index in [0.29, 0.717) is 0 Å². The van der Waals surface area contributed by atoms with Gasteiger partial charge in [0.25, 0.3) is 0 Å². The van der Waals surface area contributed by atoms with E-state index in [1.54, 1.807) is 0 Å². The van der Waals surface area contributed by atoms with Crippen molar-refractivity contribution in [2.75, 3.05) is 0 Å². The van der Waals surface area contributed by atoms with Crippen LogP contribution >= 0.6 is 0 Å². The number of hydrogen-bond donors (Lipinski definition) is 0. The number of unbranched alkanes of at least 4 members (excludes halogenated alkanes) is 1. The number of benzene rings is 3. The molecule has 0 aliphatic carbocycles. The monoisotopic (exact) mass is 356 g/mol. The maximum atomic E-state index is 2.28. The molecule has 0 heterocycles. The van der Waals surface area contributed by atoms with E-state index in [2.05, 4.69) is 91.0 Å². The molecule has 0 bridgehead atoms. The minimum Gasteiger partial charge on any atom is -0.0642 e. The normalized spacial score (nSPS) is 10.9. The van der Waals surface area contributed by atoms with E-state index in [4.69, 9.17) is 0 Å². The van der Waals surface area contributed by atoms with E-state index in [9.17, 15) is 0 Å². The third-order valence-electron chi connectivity index (χ3n) is 4.28. The Bertz CT molecular complexity index is 669. The molecule has 3 aromatic rings. The molecule has 0 fully saturated rings. The molecule has 0 unspecified atom stereocenters. The average molecular weight is 357 g/mol. The Morgan fingerprint density at radius 2 is 1.04 bits per heavy atom. The molecule has 124 valence electrons. The van der Waals surface area contributed by atoms with E-state index in [-0.39, 0.29) is 0 Å². The molecule has 0 spiro atoms. The molecule has 0 saturated heterocycles. The van der Waals surface area contributed by atoms with Crippen LogP contribution in [0.5, 0.6) is 0 Å². The Kier molecular flexibility index (Phi) is 7.28. The summed E-state index contributed by atoms with van der Waals surface area (Å²) >= 11 is 0. The van der Waals surface area contributed by atoms with Gasteiger partial charge in [0, 0.05) is 0 Å². The first-order valence-electron chi connectivity index (χ1n) is 9.07. The van der Waals surface area contributed by atoms with Gasteiger partial charge in [-0.2, -0.15) is 0 Å². The van der Waals surface area contributed by atoms with Crippen molar-refractivity contribution in [1.82, 2.24) is 0 Å². The smallest absolute Gasteiger partial charge is 0.0642 e. The molecular weight excluding hydrogens is 332 g/mol. The molecule has 0 nitrogen and oxygen atoms in total. The minimum absolute atomic E-state index is 0.778. The van der Waals surface area contributed by atoms with Gasteiger partial charge in [-0.05, 0) is 23.6 Å². The van der Waals surface area contributed by atoms with Gasteiger partial charge in [-0.25, -0.2) is 0 Å². The molecule has 0 atom stereocenters. The Hall–Kier alpha value is -1.91. The van der Waals surface area contributed by atoms with Gasteiger partial charge in [-0.1, -0.05) is 114 Å². The first kappa shape index (κ1) is 17.9. The summed E-state index contributed by atoms with van der Waals surface area (Å²) in [4.78, 5) is 0. The summed E-state index contributed by atoms with van der Waals surface area (Å²) in [5, 5.41) is 3.78. The van der Waals surface area contributed by atoms with E-state index >= 15 is 0 Å². The van der Waals surface area contributed by atoms with Crippen molar-refractivity contribution >= 4 is 29.4 Å². The van der Waals surface area contributed by atoms with Crippen molar-refractivity contribution in [2.24, 2.45) is 0 Å². The van der Waals surface area contributed by atoms with Crippen molar-refractivity contribution in [3.8, 4) is 0 Å². The summed E-state index contributed by atoms with van der Waals surface area (Å²) in [6.45, 7) is 0. The average Bonchev–Trinajstić information content (AvgIpc) is 2.67. The summed E-state index contributed by atoms with van der Waals surface area (Å²) in [7, 11) is 1.82. The highest BCUT2D eigenvalue weighted by molar-refractivity contribution is 6.73. The van der Waals surface area contributed by atoms with Gasteiger partial charge in [0.15, 0.2) is 0 Å². The van der Waals surface area contributed by atoms with Crippen LogP contribution in [-0.4, -0.2) is 19.0 Å². The highest BCUT2D eigenvalue weighted by Crippen LogP contribution is 2.15. The highest BCUT2D eigenvalue weighted by atomic mass is 28.3. The maximum Gasteiger partial charge on any atom is 0.0811 e. The van der Waals surface area contributed by atoms with Crippen LogP contribution in [0.1, 0.15) is 24.8 Å². The molecule has 0 N–H and O–H groups in total. The lowest BCUT2D eigenvalue weighted by Crippen LogP contribution is -2.29. The van der Waals surface area contributed by atoms with Crippen molar-refractivity contribution in [3.63, 3.8) is 0 Å². The fourth-order valence-corrected chi connectivity index (χ4v) is 6.53. The number of hydrogen-bond acceptors (Lipinski definition) is 0. The second-order valence-electron chi connectivity index (χ2n) is 6.30. The van der Waals surface area contributed by atoms with Crippen molar-refractivity contribution in [2.45, 2.75) is 30.8 Å². The van der Waals surface area contributed by atoms with Crippen LogP contribution in [0.2, 0.25) is 5.16 Å². The lowest BCUT2D eigenvalue weighted by atomic mass is 10.1. The van der Waals surface area contributed by atoms with E-state index in [1.807, 2.05) is 0 Å². The van der Waals surface area contributed by atoms with Gasteiger partial charge in [-0.3, -0.25) is 0 Å². The SMILES string of the molecule is c1ccc(CCCCC([Si]c2ccccc2)[Si]c2ccccc2)cc1. The summed E-state index contributed by atoms with van der Waals surface area (Å²) < 4.78 is 0. The second-order valence-corrected chi connectivity index (χ2v) is 10.0. The largest absolute Gasteiger partial charge is 0.0811 e. The predicted molar refractivity (Wildman–Crippen MR) is 111 cm³/mol. The van der Waals surface area contributed by atoms with Crippen LogP contribution in [-0.2, 0) is 6.42 Å². The van der Waals surface area contributed by atoms with E-state index in [0.717, 1.165) is 24.2 Å². The molecule has 0 aliphatic rings. The van der Waals surface area contributed by atoms with Crippen LogP contribution < -0.4 is 10.4 Å². The Morgan fingerprint density at radius 1 is 0.560 bits per heavy atom. The zero-order chi connectivity index (χ0) is 17.2. The molecule has 2 heteroatoms. The standard InChI is InChI=1S/C23H24Si2/c1-4-12-20(13-5-1)14-10-11-19-23(24-21-15-6-2-7-16-21)25-22-17-8-3-9-18-22/h1-9,12-13,15-18,23H,10-11,14,19H2. The quantitative estimate of drug-likeness (QED) is 0.398. The number of rotatable bonds is 9. The van der Waals surface area contributed by atoms with Gasteiger partial charge in [-0.15, -0.1) is 0 Å². The number of aryl methyl sites for hydroxylation is 1. The van der Waals surface area contributed by atoms with Crippen molar-refractivity contribution in [3.05, 3.63) is 96.6 Å². The molecule has 0 saturated carbocycles. The molecule has 0 aliphatic heterocycles. The molecule has 3 rings (SSSR count). The predicted octanol–water partition coefficient (Wildman–Crippen LogP) is 4.20. The van der Waals surface area contributed by atoms with Gasteiger partial charge >= 0.3 is 0 Å². The molecular formula is C23H24Si2. The third kappa shape index (κ3) is 6.48. The first-order chi connectivity index (χ1) is 12.4. The molecule has 0 aromatic heterocycles. The van der Waals surface area contributed by atoms with E-state index < -0.39 is 0 Å². The van der Waals surface area contributed by atoms with E-state index in [1.165, 1.54) is 41.6 Å². The Labute approximate surface area is 157 Å². The minimum atomic E-state index is 0.778. The topological polar surface area (TPSA) is 0 Å². The van der Waals surface area contributed by atoms with Crippen LogP contribution in [0, 0.1) is 0 Å². The van der Waals surface area contributed by atoms with Gasteiger partial charge in [0.05, 0.1) is 19.0 Å². The molecule has 3 aromatic carbocycles. The van der Waals surface area contributed by atoms with Crippen LogP contribution in [0.4, 0.5) is 0 Å². The lowest BCUT2D eigenvalue weighted by molar-refractivity contribution is 0.701. The summed E-state index contributed by atoms with van der Waals surface area (Å²) in [6.07, 6.45) is 5.14. The van der Waals surface area contributed by atoms with Crippen molar-refractivity contribution in [1.29, 1.82) is 0 Å². The Balaban J connectivity index is 1.54. The fourth-order valence-electron chi connectivity index (χ4n) is 2.97. The molecule has 0 amide bonds. The van der Waals surface area contributed by atoms with Crippen molar-refractivity contribution < 1.29 is 0 Å². The molecule has 25 heavy (non-hydrogen) atoms. The summed E-state index contributed by atoms with van der Waals surface area (Å²) in [6, 6.07) is 32.9. The van der Waals surface area contributed by atoms with Crippen LogP contribution in [0.15, 0.2) is 91.0 Å². The lowest BCUT2D eigenvalue weighted by Gasteiger charge is -2.15. The third-order valence-corrected chi connectivity index (χ3v) is 7.75. The zero-order valence-electron chi connectivity index (χ0n) is 14.6. The van der Waals surface area contributed by atoms with Gasteiger partial charge in [0.1, 0.15) is 0 Å². The second kappa shape index (κ2) is 10.2. The van der Waals surface area contributed by atoms with Crippen LogP contribution in [0.25, 0.3) is 0 Å². The Morgan fingerprint density at radius 3 is 1.56 bits per heavy atom. The zero-order valence-corrected chi connectivity index (χ0v) is 16.6. The highest BCUT2D eigenvalue weighted by Gasteiger charge is 2.13. The first-order valence-corrected chi connectivity index (χ1v) is 11.2. The van der Waals surface area contributed by atoms with Gasteiger partial charge in [0.2, 0.25) is 0 Å². The molecule has 4 radical (unpaired) electrons. The summed E-state index contributed by atoms with van der Waals surface area (Å²) in [5.41, 5.74) is 1.47. The maximum absolute atomic E-state index is 2.28. The van der Waals surface area contributed by atoms with Gasteiger partial charge < -0.3 is 0 Å². The summed E-state index contributed by atoms with van der Waals surface area (Å²) in [5.74, 6) is 0.